The molecule has 0 unspecified atom stereocenters. The minimum absolute atomic E-state index is 0.365. The van der Waals surface area contributed by atoms with E-state index in [1.54, 1.807) is 18.2 Å². The Kier molecular flexibility index (Phi) is 4.48. The van der Waals surface area contributed by atoms with Gasteiger partial charge in [0.15, 0.2) is 5.78 Å². The van der Waals surface area contributed by atoms with E-state index in [-0.39, 0.29) is 0 Å². The maximum Gasteiger partial charge on any atom is 0.161 e. The Bertz CT molecular complexity index is 380. The third-order valence-electron chi connectivity index (χ3n) is 2.43. The molecular formula is C12H16O5. The predicted octanol–water partition coefficient (Wildman–Crippen LogP) is 0.687. The van der Waals surface area contributed by atoms with Crippen molar-refractivity contribution in [3.63, 3.8) is 0 Å². The van der Waals surface area contributed by atoms with E-state index < -0.39 is 18.0 Å². The molecule has 0 saturated heterocycles. The summed E-state index contributed by atoms with van der Waals surface area (Å²) in [5.74, 6) is 0.461. The lowest BCUT2D eigenvalue weighted by Crippen LogP contribution is -2.25. The number of rotatable bonds is 5. The molecule has 17 heavy (non-hydrogen) atoms. The topological polar surface area (TPSA) is 76.0 Å². The van der Waals surface area contributed by atoms with Crippen molar-refractivity contribution in [1.29, 1.82) is 0 Å². The quantitative estimate of drug-likeness (QED) is 0.791. The first-order chi connectivity index (χ1) is 7.99. The first-order valence-corrected chi connectivity index (χ1v) is 5.09. The van der Waals surface area contributed by atoms with Gasteiger partial charge in [-0.25, -0.2) is 0 Å². The number of benzene rings is 1. The molecule has 2 atom stereocenters. The van der Waals surface area contributed by atoms with Crippen molar-refractivity contribution in [2.24, 2.45) is 0 Å². The molecule has 0 aliphatic rings. The summed E-state index contributed by atoms with van der Waals surface area (Å²) >= 11 is 0. The van der Waals surface area contributed by atoms with Gasteiger partial charge in [-0.1, -0.05) is 0 Å². The lowest BCUT2D eigenvalue weighted by Gasteiger charge is -2.17. The number of hydrogen-bond donors (Lipinski definition) is 2. The van der Waals surface area contributed by atoms with E-state index >= 15 is 0 Å². The van der Waals surface area contributed by atoms with Crippen LogP contribution in [0.2, 0.25) is 0 Å². The molecule has 0 aliphatic heterocycles. The molecule has 0 saturated carbocycles. The molecule has 1 aromatic rings. The largest absolute Gasteiger partial charge is 0.497 e. The smallest absolute Gasteiger partial charge is 0.161 e. The van der Waals surface area contributed by atoms with E-state index in [0.717, 1.165) is 0 Å². The van der Waals surface area contributed by atoms with Crippen LogP contribution in [0.3, 0.4) is 0 Å². The molecular weight excluding hydrogens is 224 g/mol. The van der Waals surface area contributed by atoms with Crippen molar-refractivity contribution in [3.8, 4) is 11.5 Å². The second-order valence-corrected chi connectivity index (χ2v) is 3.65. The number of carbonyl (C=O) groups is 1. The van der Waals surface area contributed by atoms with Gasteiger partial charge in [-0.2, -0.15) is 0 Å². The minimum atomic E-state index is -1.45. The number of aliphatic hydroxyl groups is 2. The highest BCUT2D eigenvalue weighted by atomic mass is 16.5. The van der Waals surface area contributed by atoms with Gasteiger partial charge in [0.1, 0.15) is 23.7 Å². The van der Waals surface area contributed by atoms with Crippen LogP contribution in [0.4, 0.5) is 0 Å². The van der Waals surface area contributed by atoms with Crippen molar-refractivity contribution in [2.75, 3.05) is 14.2 Å². The number of aliphatic hydroxyl groups excluding tert-OH is 2. The molecule has 0 aliphatic carbocycles. The zero-order chi connectivity index (χ0) is 13.0. The molecule has 5 heteroatoms. The van der Waals surface area contributed by atoms with Gasteiger partial charge in [0.2, 0.25) is 0 Å². The zero-order valence-electron chi connectivity index (χ0n) is 10.0. The normalized spacial score (nSPS) is 13.9. The van der Waals surface area contributed by atoms with Crippen LogP contribution in [0.15, 0.2) is 18.2 Å². The summed E-state index contributed by atoms with van der Waals surface area (Å²) in [6.07, 6.45) is -2.75. The fourth-order valence-electron chi connectivity index (χ4n) is 1.40. The number of carbonyl (C=O) groups excluding carboxylic acids is 1. The fraction of sp³-hybridized carbons (Fsp3) is 0.417. The molecule has 0 aromatic heterocycles. The van der Waals surface area contributed by atoms with E-state index in [9.17, 15) is 15.0 Å². The van der Waals surface area contributed by atoms with E-state index in [1.165, 1.54) is 21.1 Å². The summed E-state index contributed by atoms with van der Waals surface area (Å²) in [4.78, 5) is 11.0. The molecule has 0 fully saturated rings. The SMILES string of the molecule is COc1cc(OC)cc([C@H](O)[C@@H](O)C(C)=O)c1. The van der Waals surface area contributed by atoms with Gasteiger partial charge in [0.25, 0.3) is 0 Å². The van der Waals surface area contributed by atoms with Crippen LogP contribution >= 0.6 is 0 Å². The van der Waals surface area contributed by atoms with Crippen LogP contribution in [0, 0.1) is 0 Å². The summed E-state index contributed by atoms with van der Waals surface area (Å²) in [5.41, 5.74) is 0.365. The Hall–Kier alpha value is -1.59. The average molecular weight is 240 g/mol. The third kappa shape index (κ3) is 3.18. The highest BCUT2D eigenvalue weighted by Gasteiger charge is 2.23. The molecule has 0 spiro atoms. The summed E-state index contributed by atoms with van der Waals surface area (Å²) in [6, 6.07) is 4.72. The number of ketones is 1. The number of Topliss-reactive ketones (excluding diaryl/α,β-unsaturated/α-hetero) is 1. The maximum absolute atomic E-state index is 11.0. The Morgan fingerprint density at radius 1 is 1.12 bits per heavy atom. The summed E-state index contributed by atoms with van der Waals surface area (Å²) in [6.45, 7) is 1.21. The lowest BCUT2D eigenvalue weighted by atomic mass is 10.0. The van der Waals surface area contributed by atoms with Gasteiger partial charge in [0.05, 0.1) is 14.2 Å². The van der Waals surface area contributed by atoms with E-state index in [2.05, 4.69) is 0 Å². The first-order valence-electron chi connectivity index (χ1n) is 5.09. The summed E-state index contributed by atoms with van der Waals surface area (Å²) in [5, 5.41) is 19.3. The van der Waals surface area contributed by atoms with Crippen molar-refractivity contribution in [3.05, 3.63) is 23.8 Å². The van der Waals surface area contributed by atoms with Crippen molar-refractivity contribution >= 4 is 5.78 Å². The standard InChI is InChI=1S/C12H16O5/c1-7(13)11(14)12(15)8-4-9(16-2)6-10(5-8)17-3/h4-6,11-12,14-15H,1-3H3/t11-,12-/m0/s1. The molecule has 5 nitrogen and oxygen atoms in total. The van der Waals surface area contributed by atoms with Gasteiger partial charge in [-0.05, 0) is 24.6 Å². The van der Waals surface area contributed by atoms with Crippen LogP contribution in [0.1, 0.15) is 18.6 Å². The summed E-state index contributed by atoms with van der Waals surface area (Å²) in [7, 11) is 2.96. The summed E-state index contributed by atoms with van der Waals surface area (Å²) < 4.78 is 10.1. The molecule has 0 bridgehead atoms. The molecule has 1 aromatic carbocycles. The number of hydrogen-bond acceptors (Lipinski definition) is 5. The van der Waals surface area contributed by atoms with E-state index in [4.69, 9.17) is 9.47 Å². The first kappa shape index (κ1) is 13.5. The van der Waals surface area contributed by atoms with Gasteiger partial charge in [-0.3, -0.25) is 4.79 Å². The fourth-order valence-corrected chi connectivity index (χ4v) is 1.40. The predicted molar refractivity (Wildman–Crippen MR) is 61.2 cm³/mol. The third-order valence-corrected chi connectivity index (χ3v) is 2.43. The van der Waals surface area contributed by atoms with Gasteiger partial charge >= 0.3 is 0 Å². The molecule has 94 valence electrons. The number of ether oxygens (including phenoxy) is 2. The van der Waals surface area contributed by atoms with Gasteiger partial charge in [0, 0.05) is 6.07 Å². The van der Waals surface area contributed by atoms with Crippen LogP contribution in [-0.2, 0) is 4.79 Å². The minimum Gasteiger partial charge on any atom is -0.497 e. The maximum atomic E-state index is 11.0. The second kappa shape index (κ2) is 5.65. The highest BCUT2D eigenvalue weighted by Crippen LogP contribution is 2.28. The van der Waals surface area contributed by atoms with Crippen molar-refractivity contribution in [1.82, 2.24) is 0 Å². The van der Waals surface area contributed by atoms with Gasteiger partial charge < -0.3 is 19.7 Å². The molecule has 0 heterocycles. The van der Waals surface area contributed by atoms with Crippen molar-refractivity contribution < 1.29 is 24.5 Å². The monoisotopic (exact) mass is 240 g/mol. The lowest BCUT2D eigenvalue weighted by molar-refractivity contribution is -0.130. The zero-order valence-corrected chi connectivity index (χ0v) is 10.0. The van der Waals surface area contributed by atoms with E-state index in [1.807, 2.05) is 0 Å². The average Bonchev–Trinajstić information content (AvgIpc) is 2.35. The van der Waals surface area contributed by atoms with Gasteiger partial charge in [-0.15, -0.1) is 0 Å². The molecule has 2 N–H and O–H groups in total. The Morgan fingerprint density at radius 3 is 1.94 bits per heavy atom. The molecule has 1 rings (SSSR count). The molecule has 0 radical (unpaired) electrons. The van der Waals surface area contributed by atoms with Crippen molar-refractivity contribution in [2.45, 2.75) is 19.1 Å². The Labute approximate surface area is 99.6 Å². The molecule has 0 amide bonds. The van der Waals surface area contributed by atoms with Crippen LogP contribution in [-0.4, -0.2) is 36.3 Å². The second-order valence-electron chi connectivity index (χ2n) is 3.65. The highest BCUT2D eigenvalue weighted by molar-refractivity contribution is 5.81. The van der Waals surface area contributed by atoms with Crippen LogP contribution in [0.5, 0.6) is 11.5 Å². The van der Waals surface area contributed by atoms with Crippen LogP contribution < -0.4 is 9.47 Å². The number of methoxy groups -OCH3 is 2. The Morgan fingerprint density at radius 2 is 1.59 bits per heavy atom. The van der Waals surface area contributed by atoms with Crippen LogP contribution in [0.25, 0.3) is 0 Å². The Balaban J connectivity index is 3.07. The van der Waals surface area contributed by atoms with E-state index in [0.29, 0.717) is 17.1 Å².